The molecule has 0 atom stereocenters. The summed E-state index contributed by atoms with van der Waals surface area (Å²) < 4.78 is 5.57. The maximum atomic E-state index is 5.57. The highest BCUT2D eigenvalue weighted by Crippen LogP contribution is 2.34. The summed E-state index contributed by atoms with van der Waals surface area (Å²) in [6.07, 6.45) is 6.89. The van der Waals surface area contributed by atoms with E-state index < -0.39 is 0 Å². The molecular formula is C14H24N2O. The lowest BCUT2D eigenvalue weighted by atomic mass is 9.76. The highest BCUT2D eigenvalue weighted by molar-refractivity contribution is 5.06. The molecule has 3 N–H and O–H groups in total. The first-order valence-corrected chi connectivity index (χ1v) is 6.70. The van der Waals surface area contributed by atoms with Gasteiger partial charge < -0.3 is 15.5 Å². The summed E-state index contributed by atoms with van der Waals surface area (Å²) >= 11 is 0. The molecule has 3 nitrogen and oxygen atoms in total. The van der Waals surface area contributed by atoms with Crippen LogP contribution >= 0.6 is 0 Å². The van der Waals surface area contributed by atoms with Crippen molar-refractivity contribution in [2.45, 2.75) is 52.1 Å². The predicted molar refractivity (Wildman–Crippen MR) is 69.5 cm³/mol. The standard InChI is InChI=1S/C14H24N2O/c1-14(7-3-2-4-8-14)11-16-10-13-6-5-12(9-15)17-13/h5-6,16H,2-4,7-11,15H2,1H3. The Morgan fingerprint density at radius 1 is 1.24 bits per heavy atom. The average molecular weight is 236 g/mol. The Balaban J connectivity index is 1.74. The summed E-state index contributed by atoms with van der Waals surface area (Å²) in [5, 5.41) is 3.51. The van der Waals surface area contributed by atoms with Crippen molar-refractivity contribution in [2.24, 2.45) is 11.1 Å². The number of nitrogens with one attached hydrogen (secondary N) is 1. The molecule has 0 bridgehead atoms. The lowest BCUT2D eigenvalue weighted by molar-refractivity contribution is 0.205. The normalized spacial score (nSPS) is 19.4. The molecule has 1 aromatic rings. The molecule has 0 unspecified atom stereocenters. The van der Waals surface area contributed by atoms with Crippen LogP contribution in [0.3, 0.4) is 0 Å². The third kappa shape index (κ3) is 3.58. The quantitative estimate of drug-likeness (QED) is 0.826. The van der Waals surface area contributed by atoms with Gasteiger partial charge in [0.15, 0.2) is 0 Å². The fourth-order valence-corrected chi connectivity index (χ4v) is 2.70. The molecule has 3 heteroatoms. The highest BCUT2D eigenvalue weighted by atomic mass is 16.3. The van der Waals surface area contributed by atoms with Gasteiger partial charge in [0.05, 0.1) is 13.1 Å². The van der Waals surface area contributed by atoms with E-state index in [4.69, 9.17) is 10.2 Å². The van der Waals surface area contributed by atoms with Gasteiger partial charge in [-0.3, -0.25) is 0 Å². The third-order valence-electron chi connectivity index (χ3n) is 3.83. The molecule has 0 aliphatic heterocycles. The third-order valence-corrected chi connectivity index (χ3v) is 3.83. The minimum Gasteiger partial charge on any atom is -0.463 e. The molecular weight excluding hydrogens is 212 g/mol. The van der Waals surface area contributed by atoms with E-state index in [1.807, 2.05) is 12.1 Å². The number of hydrogen-bond acceptors (Lipinski definition) is 3. The van der Waals surface area contributed by atoms with Gasteiger partial charge in [0, 0.05) is 6.54 Å². The van der Waals surface area contributed by atoms with Gasteiger partial charge in [0.25, 0.3) is 0 Å². The van der Waals surface area contributed by atoms with Gasteiger partial charge in [-0.2, -0.15) is 0 Å². The SMILES string of the molecule is CC1(CNCc2ccc(CN)o2)CCCCC1. The lowest BCUT2D eigenvalue weighted by Gasteiger charge is -2.33. The summed E-state index contributed by atoms with van der Waals surface area (Å²) in [5.41, 5.74) is 6.00. The summed E-state index contributed by atoms with van der Waals surface area (Å²) in [7, 11) is 0. The largest absolute Gasteiger partial charge is 0.463 e. The Morgan fingerprint density at radius 3 is 2.59 bits per heavy atom. The number of nitrogens with two attached hydrogens (primary N) is 1. The Hall–Kier alpha value is -0.800. The van der Waals surface area contributed by atoms with Gasteiger partial charge in [-0.1, -0.05) is 26.2 Å². The van der Waals surface area contributed by atoms with E-state index in [2.05, 4.69) is 12.2 Å². The summed E-state index contributed by atoms with van der Waals surface area (Å²) in [5.74, 6) is 1.86. The maximum Gasteiger partial charge on any atom is 0.118 e. The van der Waals surface area contributed by atoms with Gasteiger partial charge in [-0.15, -0.1) is 0 Å². The zero-order valence-corrected chi connectivity index (χ0v) is 10.8. The topological polar surface area (TPSA) is 51.2 Å². The van der Waals surface area contributed by atoms with Crippen LogP contribution in [-0.2, 0) is 13.1 Å². The van der Waals surface area contributed by atoms with Crippen molar-refractivity contribution >= 4 is 0 Å². The minimum atomic E-state index is 0.484. The van der Waals surface area contributed by atoms with Crippen molar-refractivity contribution in [1.29, 1.82) is 0 Å². The van der Waals surface area contributed by atoms with Crippen LogP contribution in [0.25, 0.3) is 0 Å². The molecule has 96 valence electrons. The van der Waals surface area contributed by atoms with Crippen molar-refractivity contribution in [3.8, 4) is 0 Å². The molecule has 1 saturated carbocycles. The first-order chi connectivity index (χ1) is 8.22. The maximum absolute atomic E-state index is 5.57. The molecule has 2 rings (SSSR count). The molecule has 1 aromatic heterocycles. The Kier molecular flexibility index (Phi) is 4.24. The van der Waals surface area contributed by atoms with Gasteiger partial charge in [-0.25, -0.2) is 0 Å². The Morgan fingerprint density at radius 2 is 1.94 bits per heavy atom. The van der Waals surface area contributed by atoms with Gasteiger partial charge in [0.2, 0.25) is 0 Å². The van der Waals surface area contributed by atoms with Crippen LogP contribution in [0.15, 0.2) is 16.5 Å². The van der Waals surface area contributed by atoms with E-state index in [9.17, 15) is 0 Å². The molecule has 0 spiro atoms. The van der Waals surface area contributed by atoms with E-state index in [0.29, 0.717) is 12.0 Å². The molecule has 0 saturated heterocycles. The Bertz CT molecular complexity index is 340. The summed E-state index contributed by atoms with van der Waals surface area (Å²) in [6, 6.07) is 3.97. The molecule has 0 aromatic carbocycles. The van der Waals surface area contributed by atoms with E-state index in [1.165, 1.54) is 32.1 Å². The summed E-state index contributed by atoms with van der Waals surface area (Å²) in [4.78, 5) is 0. The number of rotatable bonds is 5. The van der Waals surface area contributed by atoms with Crippen molar-refractivity contribution in [3.05, 3.63) is 23.7 Å². The smallest absolute Gasteiger partial charge is 0.118 e. The van der Waals surface area contributed by atoms with Gasteiger partial charge >= 0.3 is 0 Å². The van der Waals surface area contributed by atoms with Crippen molar-refractivity contribution in [2.75, 3.05) is 6.54 Å². The molecule has 1 aliphatic carbocycles. The molecule has 1 fully saturated rings. The predicted octanol–water partition coefficient (Wildman–Crippen LogP) is 2.80. The molecule has 1 heterocycles. The molecule has 0 radical (unpaired) electrons. The van der Waals surface area contributed by atoms with Crippen molar-refractivity contribution in [3.63, 3.8) is 0 Å². The zero-order valence-electron chi connectivity index (χ0n) is 10.8. The van der Waals surface area contributed by atoms with Gasteiger partial charge in [0.1, 0.15) is 11.5 Å². The summed E-state index contributed by atoms with van der Waals surface area (Å²) in [6.45, 7) is 4.78. The fourth-order valence-electron chi connectivity index (χ4n) is 2.70. The zero-order chi connectivity index (χ0) is 12.1. The van der Waals surface area contributed by atoms with Crippen LogP contribution in [-0.4, -0.2) is 6.54 Å². The van der Waals surface area contributed by atoms with E-state index in [0.717, 1.165) is 24.6 Å². The second kappa shape index (κ2) is 5.69. The highest BCUT2D eigenvalue weighted by Gasteiger charge is 2.26. The van der Waals surface area contributed by atoms with Crippen LogP contribution < -0.4 is 11.1 Å². The van der Waals surface area contributed by atoms with Crippen molar-refractivity contribution < 1.29 is 4.42 Å². The monoisotopic (exact) mass is 236 g/mol. The molecule has 1 aliphatic rings. The second-order valence-electron chi connectivity index (χ2n) is 5.55. The van der Waals surface area contributed by atoms with Crippen LogP contribution in [0.4, 0.5) is 0 Å². The average Bonchev–Trinajstić information content (AvgIpc) is 2.78. The number of furan rings is 1. The molecule has 0 amide bonds. The first-order valence-electron chi connectivity index (χ1n) is 6.70. The van der Waals surface area contributed by atoms with E-state index >= 15 is 0 Å². The number of hydrogen-bond donors (Lipinski definition) is 2. The minimum absolute atomic E-state index is 0.484. The first kappa shape index (κ1) is 12.7. The lowest BCUT2D eigenvalue weighted by Crippen LogP contribution is -2.33. The van der Waals surface area contributed by atoms with Crippen LogP contribution in [0, 0.1) is 5.41 Å². The fraction of sp³-hybridized carbons (Fsp3) is 0.714. The van der Waals surface area contributed by atoms with Gasteiger partial charge in [-0.05, 0) is 30.4 Å². The van der Waals surface area contributed by atoms with E-state index in [1.54, 1.807) is 0 Å². The Labute approximate surface area is 104 Å². The molecule has 17 heavy (non-hydrogen) atoms. The van der Waals surface area contributed by atoms with E-state index in [-0.39, 0.29) is 0 Å². The van der Waals surface area contributed by atoms with Crippen LogP contribution in [0.5, 0.6) is 0 Å². The van der Waals surface area contributed by atoms with Crippen LogP contribution in [0.2, 0.25) is 0 Å². The van der Waals surface area contributed by atoms with Crippen LogP contribution in [0.1, 0.15) is 50.5 Å². The second-order valence-corrected chi connectivity index (χ2v) is 5.55. The van der Waals surface area contributed by atoms with Crippen molar-refractivity contribution in [1.82, 2.24) is 5.32 Å².